The molecule has 0 amide bonds. The highest BCUT2D eigenvalue weighted by atomic mass is 16.3. The first-order chi connectivity index (χ1) is 39.9. The van der Waals surface area contributed by atoms with E-state index in [9.17, 15) is 0 Å². The molecule has 17 rings (SSSR count). The fourth-order valence-corrected chi connectivity index (χ4v) is 14.0. The second-order valence-corrected chi connectivity index (χ2v) is 22.6. The predicted octanol–water partition coefficient (Wildman–Crippen LogP) is 21.3. The van der Waals surface area contributed by atoms with E-state index in [1.807, 2.05) is 12.1 Å². The minimum atomic E-state index is -0.190. The lowest BCUT2D eigenvalue weighted by molar-refractivity contribution is 0.660. The Morgan fingerprint density at radius 2 is 0.840 bits per heavy atom. The third-order valence-corrected chi connectivity index (χ3v) is 17.8. The fourth-order valence-electron chi connectivity index (χ4n) is 14.0. The third kappa shape index (κ3) is 6.90. The topological polar surface area (TPSA) is 42.7 Å². The molecule has 0 unspecified atom stereocenters. The van der Waals surface area contributed by atoms with E-state index >= 15 is 0 Å². The van der Waals surface area contributed by atoms with Gasteiger partial charge in [-0.2, -0.15) is 0 Å². The smallest absolute Gasteiger partial charge is 0.144 e. The molecule has 382 valence electrons. The second kappa shape index (κ2) is 17.4. The molecular weight excluding hydrogens is 987 g/mol. The Labute approximate surface area is 468 Å². The average Bonchev–Trinajstić information content (AvgIpc) is 4.40. The Morgan fingerprint density at radius 1 is 0.309 bits per heavy atom. The molecule has 0 N–H and O–H groups in total. The summed E-state index contributed by atoms with van der Waals surface area (Å²) in [5.74, 6) is 0. The minimum Gasteiger partial charge on any atom is -0.456 e. The first kappa shape index (κ1) is 45.8. The highest BCUT2D eigenvalue weighted by Gasteiger charge is 2.36. The molecule has 2 aliphatic carbocycles. The fraction of sp³-hybridized carbons (Fsp3) is 0.0649. The van der Waals surface area contributed by atoms with Crippen LogP contribution in [0, 0.1) is 0 Å². The Bertz CT molecular complexity index is 5100. The van der Waals surface area contributed by atoms with Crippen LogP contribution in [0.2, 0.25) is 0 Å². The van der Waals surface area contributed by atoms with Crippen LogP contribution < -0.4 is 4.90 Å². The number of furan rings is 3. The summed E-state index contributed by atoms with van der Waals surface area (Å²) in [5, 5.41) is 6.38. The van der Waals surface area contributed by atoms with Gasteiger partial charge in [-0.1, -0.05) is 202 Å². The van der Waals surface area contributed by atoms with Gasteiger partial charge in [-0.15, -0.1) is 0 Å². The molecule has 2 aliphatic rings. The van der Waals surface area contributed by atoms with E-state index in [4.69, 9.17) is 13.3 Å². The maximum atomic E-state index is 7.52. The molecule has 0 fully saturated rings. The predicted molar refractivity (Wildman–Crippen MR) is 334 cm³/mol. The molecule has 12 aromatic carbocycles. The Morgan fingerprint density at radius 3 is 1.63 bits per heavy atom. The number of rotatable bonds is 5. The van der Waals surface area contributed by atoms with Gasteiger partial charge in [-0.25, -0.2) is 0 Å². The van der Waals surface area contributed by atoms with E-state index in [1.54, 1.807) is 0 Å². The molecule has 4 nitrogen and oxygen atoms in total. The molecule has 0 radical (unpaired) electrons. The monoisotopic (exact) mass is 1040 g/mol. The van der Waals surface area contributed by atoms with Crippen LogP contribution in [0.4, 0.5) is 17.1 Å². The molecule has 81 heavy (non-hydrogen) atoms. The molecule has 0 bridgehead atoms. The zero-order valence-corrected chi connectivity index (χ0v) is 44.8. The van der Waals surface area contributed by atoms with Crippen LogP contribution in [0.15, 0.2) is 262 Å². The highest BCUT2D eigenvalue weighted by Crippen LogP contribution is 2.53. The van der Waals surface area contributed by atoms with Gasteiger partial charge in [0.2, 0.25) is 0 Å². The van der Waals surface area contributed by atoms with E-state index in [1.165, 1.54) is 66.8 Å². The van der Waals surface area contributed by atoms with Gasteiger partial charge in [0.15, 0.2) is 0 Å². The normalized spacial score (nSPS) is 13.3. The Hall–Kier alpha value is -10.2. The van der Waals surface area contributed by atoms with Crippen molar-refractivity contribution in [2.45, 2.75) is 32.1 Å². The third-order valence-electron chi connectivity index (χ3n) is 17.8. The number of fused-ring (bicyclic) bond motifs is 18. The summed E-state index contributed by atoms with van der Waals surface area (Å²) in [6.45, 7) is 4.70. The number of benzene rings is 12. The maximum Gasteiger partial charge on any atom is 0.144 e. The van der Waals surface area contributed by atoms with E-state index in [0.717, 1.165) is 118 Å². The van der Waals surface area contributed by atoms with E-state index < -0.39 is 0 Å². The molecule has 0 saturated carbocycles. The second-order valence-electron chi connectivity index (χ2n) is 22.6. The van der Waals surface area contributed by atoms with Crippen molar-refractivity contribution in [2.24, 2.45) is 0 Å². The molecule has 0 saturated heterocycles. The van der Waals surface area contributed by atoms with E-state index in [0.29, 0.717) is 0 Å². The lowest BCUT2D eigenvalue weighted by atomic mass is 9.80. The maximum absolute atomic E-state index is 7.52. The summed E-state index contributed by atoms with van der Waals surface area (Å²) in [5.41, 5.74) is 27.7. The molecule has 0 spiro atoms. The number of anilines is 3. The molecular formula is C77H51NO3. The average molecular weight is 1040 g/mol. The molecule has 0 atom stereocenters. The van der Waals surface area contributed by atoms with Crippen molar-refractivity contribution < 1.29 is 13.3 Å². The zero-order valence-electron chi connectivity index (χ0n) is 44.8. The first-order valence-corrected chi connectivity index (χ1v) is 28.1. The molecule has 3 aromatic heterocycles. The summed E-state index contributed by atoms with van der Waals surface area (Å²) >= 11 is 0. The van der Waals surface area contributed by atoms with Crippen molar-refractivity contribution in [3.63, 3.8) is 0 Å². The van der Waals surface area contributed by atoms with Gasteiger partial charge in [0.25, 0.3) is 0 Å². The van der Waals surface area contributed by atoms with Crippen molar-refractivity contribution in [3.05, 3.63) is 282 Å². The van der Waals surface area contributed by atoms with Gasteiger partial charge in [-0.3, -0.25) is 0 Å². The highest BCUT2D eigenvalue weighted by molar-refractivity contribution is 6.25. The van der Waals surface area contributed by atoms with Crippen molar-refractivity contribution in [1.29, 1.82) is 0 Å². The van der Waals surface area contributed by atoms with Crippen LogP contribution in [-0.4, -0.2) is 0 Å². The summed E-state index contributed by atoms with van der Waals surface area (Å²) in [4.78, 5) is 2.39. The molecule has 3 heterocycles. The van der Waals surface area contributed by atoms with Gasteiger partial charge in [0, 0.05) is 72.0 Å². The van der Waals surface area contributed by atoms with E-state index in [2.05, 4.69) is 255 Å². The standard InChI is InChI=1S/C77H51NO3/c1-77(2)66-30-12-9-24-58(66)59-39-37-52(43-67(59)77)78(51-35-33-46(34-36-51)57-27-16-28-62-60-25-10-13-31-68(60)80-75(57)62)53-38-40-61-65-45-71-73(63-26-11-14-32-69(63)79-71)74(76(65)81-70(61)44-53)64-29-15-20-50-42-48-18-4-7-22-55(48)54-21-6-3-17-47(54)41-49-19-5-8-23-56(49)72(50)64/h3-40,43-45H,41-42H2,1-2H3. The Balaban J connectivity index is 0.881. The molecule has 15 aromatic rings. The summed E-state index contributed by atoms with van der Waals surface area (Å²) in [7, 11) is 0. The number of hydrogen-bond donors (Lipinski definition) is 0. The van der Waals surface area contributed by atoms with Gasteiger partial charge in [-0.05, 0) is 145 Å². The van der Waals surface area contributed by atoms with E-state index in [-0.39, 0.29) is 5.41 Å². The Kier molecular flexibility index (Phi) is 9.85. The van der Waals surface area contributed by atoms with Crippen molar-refractivity contribution in [2.75, 3.05) is 4.90 Å². The lowest BCUT2D eigenvalue weighted by Gasteiger charge is -2.28. The minimum absolute atomic E-state index is 0.190. The number of para-hydroxylation sites is 3. The van der Waals surface area contributed by atoms with Gasteiger partial charge >= 0.3 is 0 Å². The van der Waals surface area contributed by atoms with Crippen molar-refractivity contribution in [3.8, 4) is 55.6 Å². The first-order valence-electron chi connectivity index (χ1n) is 28.1. The van der Waals surface area contributed by atoms with Gasteiger partial charge in [0.05, 0.1) is 0 Å². The summed E-state index contributed by atoms with van der Waals surface area (Å²) in [6.07, 6.45) is 1.55. The molecule has 0 aliphatic heterocycles. The number of hydrogen-bond acceptors (Lipinski definition) is 4. The molecule has 4 heteroatoms. The largest absolute Gasteiger partial charge is 0.456 e. The zero-order chi connectivity index (χ0) is 53.5. The van der Waals surface area contributed by atoms with Crippen molar-refractivity contribution in [1.82, 2.24) is 0 Å². The van der Waals surface area contributed by atoms with Crippen LogP contribution in [0.1, 0.15) is 47.2 Å². The van der Waals surface area contributed by atoms with Crippen LogP contribution in [0.5, 0.6) is 0 Å². The summed E-state index contributed by atoms with van der Waals surface area (Å²) < 4.78 is 21.0. The van der Waals surface area contributed by atoms with Crippen LogP contribution in [-0.2, 0) is 18.3 Å². The quantitative estimate of drug-likeness (QED) is 0.172. The van der Waals surface area contributed by atoms with Crippen molar-refractivity contribution >= 4 is 82.9 Å². The lowest BCUT2D eigenvalue weighted by Crippen LogP contribution is -2.16. The van der Waals surface area contributed by atoms with Crippen LogP contribution in [0.3, 0.4) is 0 Å². The van der Waals surface area contributed by atoms with Crippen LogP contribution in [0.25, 0.3) is 121 Å². The summed E-state index contributed by atoms with van der Waals surface area (Å²) in [6, 6.07) is 90.7. The van der Waals surface area contributed by atoms with Gasteiger partial charge in [0.1, 0.15) is 33.5 Å². The number of nitrogens with zero attached hydrogens (tertiary/aromatic N) is 1. The van der Waals surface area contributed by atoms with Gasteiger partial charge < -0.3 is 18.2 Å². The SMILES string of the molecule is CC1(C)c2ccccc2-c2ccc(N(c3ccc(-c4cccc5c4oc4ccccc45)cc3)c3ccc4c(c3)oc3c(-c5cccc6c5-c5ccccc5Cc5ccccc5-c5ccccc5C6)c5c(cc34)oc3ccccc35)cc21. The van der Waals surface area contributed by atoms with Crippen LogP contribution >= 0.6 is 0 Å².